The first kappa shape index (κ1) is 13.0. The maximum atomic E-state index is 5.58. The third-order valence-corrected chi connectivity index (χ3v) is 3.47. The molecule has 0 saturated carbocycles. The number of benzene rings is 1. The molecule has 3 N–H and O–H groups in total. The van der Waals surface area contributed by atoms with E-state index in [4.69, 9.17) is 18.0 Å². The van der Waals surface area contributed by atoms with Crippen molar-refractivity contribution in [1.29, 1.82) is 0 Å². The molecule has 0 aliphatic carbocycles. The number of halogens is 1. The van der Waals surface area contributed by atoms with Crippen LogP contribution in [-0.4, -0.2) is 9.97 Å². The Morgan fingerprint density at radius 3 is 2.83 bits per heavy atom. The number of nitrogens with one attached hydrogen (secondary N) is 1. The highest BCUT2D eigenvalue weighted by Gasteiger charge is 2.01. The predicted molar refractivity (Wildman–Crippen MR) is 81.6 cm³/mol. The van der Waals surface area contributed by atoms with Gasteiger partial charge in [-0.3, -0.25) is 0 Å². The van der Waals surface area contributed by atoms with Gasteiger partial charge in [-0.05, 0) is 23.8 Å². The van der Waals surface area contributed by atoms with Crippen molar-refractivity contribution in [1.82, 2.24) is 4.98 Å². The minimum atomic E-state index is 0.376. The van der Waals surface area contributed by atoms with Crippen LogP contribution in [0.2, 0.25) is 0 Å². The number of aromatic nitrogens is 1. The number of anilines is 1. The smallest absolute Gasteiger partial charge is 0.126 e. The van der Waals surface area contributed by atoms with Gasteiger partial charge in [0.25, 0.3) is 0 Å². The van der Waals surface area contributed by atoms with Crippen LogP contribution in [0.5, 0.6) is 0 Å². The Morgan fingerprint density at radius 2 is 2.11 bits per heavy atom. The second-order valence-corrected chi connectivity index (χ2v) is 5.03. The Balaban J connectivity index is 2.09. The molecule has 0 saturated heterocycles. The van der Waals surface area contributed by atoms with Crippen molar-refractivity contribution in [3.05, 3.63) is 58.2 Å². The second kappa shape index (κ2) is 5.93. The molecule has 0 unspecified atom stereocenters. The van der Waals surface area contributed by atoms with E-state index in [9.17, 15) is 0 Å². The summed E-state index contributed by atoms with van der Waals surface area (Å²) in [5.41, 5.74) is 7.56. The van der Waals surface area contributed by atoms with E-state index >= 15 is 0 Å². The Kier molecular flexibility index (Phi) is 4.28. The van der Waals surface area contributed by atoms with Crippen molar-refractivity contribution in [3.63, 3.8) is 0 Å². The zero-order valence-corrected chi connectivity index (χ0v) is 12.0. The lowest BCUT2D eigenvalue weighted by molar-refractivity contribution is 1.10. The van der Waals surface area contributed by atoms with Crippen molar-refractivity contribution < 1.29 is 0 Å². The minimum absolute atomic E-state index is 0.376. The van der Waals surface area contributed by atoms with Crippen LogP contribution in [0.4, 0.5) is 5.82 Å². The standard InChI is InChI=1S/C13H12BrN3S/c14-11-4-2-1-3-10(11)8-17-12-7-9(13(15)18)5-6-16-12/h1-7H,8H2,(H2,15,18)(H,16,17). The molecular weight excluding hydrogens is 310 g/mol. The summed E-state index contributed by atoms with van der Waals surface area (Å²) in [5, 5.41) is 3.24. The van der Waals surface area contributed by atoms with Crippen LogP contribution < -0.4 is 11.1 Å². The molecule has 1 heterocycles. The number of nitrogens with zero attached hydrogens (tertiary/aromatic N) is 1. The molecule has 2 rings (SSSR count). The molecule has 18 heavy (non-hydrogen) atoms. The molecule has 0 radical (unpaired) electrons. The summed E-state index contributed by atoms with van der Waals surface area (Å²) >= 11 is 8.44. The number of thiocarbonyl (C=S) groups is 1. The third-order valence-electron chi connectivity index (χ3n) is 2.46. The zero-order valence-electron chi connectivity index (χ0n) is 9.56. The molecule has 5 heteroatoms. The summed E-state index contributed by atoms with van der Waals surface area (Å²) in [4.78, 5) is 4.60. The predicted octanol–water partition coefficient (Wildman–Crippen LogP) is 3.09. The lowest BCUT2D eigenvalue weighted by Gasteiger charge is -2.08. The monoisotopic (exact) mass is 321 g/mol. The summed E-state index contributed by atoms with van der Waals surface area (Å²) in [6.07, 6.45) is 1.69. The number of hydrogen-bond donors (Lipinski definition) is 2. The van der Waals surface area contributed by atoms with E-state index in [1.165, 1.54) is 5.56 Å². The number of nitrogens with two attached hydrogens (primary N) is 1. The fourth-order valence-electron chi connectivity index (χ4n) is 1.51. The molecule has 0 spiro atoms. The van der Waals surface area contributed by atoms with Crippen LogP contribution >= 0.6 is 28.1 Å². The summed E-state index contributed by atoms with van der Waals surface area (Å²) in [7, 11) is 0. The summed E-state index contributed by atoms with van der Waals surface area (Å²) in [6, 6.07) is 11.7. The fraction of sp³-hybridized carbons (Fsp3) is 0.0769. The summed E-state index contributed by atoms with van der Waals surface area (Å²) < 4.78 is 1.07. The molecule has 0 aliphatic heterocycles. The van der Waals surface area contributed by atoms with Gasteiger partial charge in [-0.1, -0.05) is 46.3 Å². The van der Waals surface area contributed by atoms with Gasteiger partial charge in [0.15, 0.2) is 0 Å². The maximum Gasteiger partial charge on any atom is 0.126 e. The third kappa shape index (κ3) is 3.27. The lowest BCUT2D eigenvalue weighted by atomic mass is 10.2. The van der Waals surface area contributed by atoms with Crippen LogP contribution in [0.1, 0.15) is 11.1 Å². The molecule has 1 aromatic heterocycles. The second-order valence-electron chi connectivity index (χ2n) is 3.74. The van der Waals surface area contributed by atoms with Crippen LogP contribution in [0.15, 0.2) is 47.1 Å². The molecule has 0 atom stereocenters. The average Bonchev–Trinajstić information content (AvgIpc) is 2.38. The number of pyridine rings is 1. The number of rotatable bonds is 4. The normalized spacial score (nSPS) is 10.1. The van der Waals surface area contributed by atoms with E-state index in [0.29, 0.717) is 11.5 Å². The first-order chi connectivity index (χ1) is 8.66. The van der Waals surface area contributed by atoms with Gasteiger partial charge in [0.2, 0.25) is 0 Å². The van der Waals surface area contributed by atoms with Gasteiger partial charge in [0, 0.05) is 22.8 Å². The molecule has 92 valence electrons. The number of hydrogen-bond acceptors (Lipinski definition) is 3. The van der Waals surface area contributed by atoms with Gasteiger partial charge >= 0.3 is 0 Å². The van der Waals surface area contributed by atoms with Crippen molar-refractivity contribution in [2.45, 2.75) is 6.54 Å². The van der Waals surface area contributed by atoms with Gasteiger partial charge in [-0.2, -0.15) is 0 Å². The SMILES string of the molecule is NC(=S)c1ccnc(NCc2ccccc2Br)c1. The molecule has 1 aromatic carbocycles. The Bertz CT molecular complexity index is 572. The van der Waals surface area contributed by atoms with E-state index in [-0.39, 0.29) is 0 Å². The van der Waals surface area contributed by atoms with E-state index in [1.807, 2.05) is 24.3 Å². The van der Waals surface area contributed by atoms with E-state index in [1.54, 1.807) is 12.3 Å². The summed E-state index contributed by atoms with van der Waals surface area (Å²) in [6.45, 7) is 0.690. The van der Waals surface area contributed by atoms with Gasteiger partial charge in [0.05, 0.1) is 0 Å². The van der Waals surface area contributed by atoms with Crippen LogP contribution in [0.3, 0.4) is 0 Å². The van der Waals surface area contributed by atoms with E-state index < -0.39 is 0 Å². The lowest BCUT2D eigenvalue weighted by Crippen LogP contribution is -2.10. The molecule has 0 bridgehead atoms. The van der Waals surface area contributed by atoms with E-state index in [2.05, 4.69) is 32.3 Å². The van der Waals surface area contributed by atoms with Gasteiger partial charge < -0.3 is 11.1 Å². The zero-order chi connectivity index (χ0) is 13.0. The Hall–Kier alpha value is -1.46. The first-order valence-electron chi connectivity index (χ1n) is 5.40. The molecular formula is C13H12BrN3S. The van der Waals surface area contributed by atoms with Gasteiger partial charge in [-0.25, -0.2) is 4.98 Å². The molecule has 2 aromatic rings. The fourth-order valence-corrected chi connectivity index (χ4v) is 2.06. The largest absolute Gasteiger partial charge is 0.389 e. The molecule has 3 nitrogen and oxygen atoms in total. The average molecular weight is 322 g/mol. The van der Waals surface area contributed by atoms with Gasteiger partial charge in [0.1, 0.15) is 10.8 Å². The molecule has 0 amide bonds. The van der Waals surface area contributed by atoms with Crippen molar-refractivity contribution in [2.24, 2.45) is 5.73 Å². The van der Waals surface area contributed by atoms with E-state index in [0.717, 1.165) is 15.9 Å². The summed E-state index contributed by atoms with van der Waals surface area (Å²) in [5.74, 6) is 0.760. The van der Waals surface area contributed by atoms with Crippen molar-refractivity contribution in [3.8, 4) is 0 Å². The highest BCUT2D eigenvalue weighted by atomic mass is 79.9. The van der Waals surface area contributed by atoms with Crippen molar-refractivity contribution in [2.75, 3.05) is 5.32 Å². The van der Waals surface area contributed by atoms with Crippen LogP contribution in [-0.2, 0) is 6.54 Å². The Labute approximate surface area is 120 Å². The molecule has 0 aliphatic rings. The highest BCUT2D eigenvalue weighted by Crippen LogP contribution is 2.17. The Morgan fingerprint density at radius 1 is 1.33 bits per heavy atom. The maximum absolute atomic E-state index is 5.58. The quantitative estimate of drug-likeness (QED) is 0.850. The molecule has 0 fully saturated rings. The van der Waals surface area contributed by atoms with Crippen LogP contribution in [0.25, 0.3) is 0 Å². The van der Waals surface area contributed by atoms with Crippen molar-refractivity contribution >= 4 is 39.0 Å². The first-order valence-corrected chi connectivity index (χ1v) is 6.60. The van der Waals surface area contributed by atoms with Gasteiger partial charge in [-0.15, -0.1) is 0 Å². The minimum Gasteiger partial charge on any atom is -0.389 e. The van der Waals surface area contributed by atoms with Crippen LogP contribution in [0, 0.1) is 0 Å². The highest BCUT2D eigenvalue weighted by molar-refractivity contribution is 9.10. The topological polar surface area (TPSA) is 50.9 Å².